The predicted octanol–water partition coefficient (Wildman–Crippen LogP) is 3.17. The van der Waals surface area contributed by atoms with Gasteiger partial charge < -0.3 is 10.6 Å². The lowest BCUT2D eigenvalue weighted by atomic mass is 9.96. The molecule has 1 aliphatic carbocycles. The Hall–Kier alpha value is -1.82. The van der Waals surface area contributed by atoms with E-state index in [4.69, 9.17) is 0 Å². The van der Waals surface area contributed by atoms with Crippen molar-refractivity contribution in [2.24, 2.45) is 0 Å². The van der Waals surface area contributed by atoms with Crippen molar-refractivity contribution in [1.82, 2.24) is 20.4 Å². The number of thiophene rings is 1. The van der Waals surface area contributed by atoms with Crippen LogP contribution < -0.4 is 10.6 Å². The van der Waals surface area contributed by atoms with E-state index < -0.39 is 0 Å². The number of hydrogen-bond acceptors (Lipinski definition) is 3. The fourth-order valence-electron chi connectivity index (χ4n) is 2.94. The van der Waals surface area contributed by atoms with Crippen molar-refractivity contribution in [2.45, 2.75) is 44.2 Å². The van der Waals surface area contributed by atoms with E-state index in [1.165, 1.54) is 24.1 Å². The quantitative estimate of drug-likeness (QED) is 0.889. The minimum atomic E-state index is -0.0689. The van der Waals surface area contributed by atoms with Gasteiger partial charge in [0.25, 0.3) is 0 Å². The molecule has 0 aromatic carbocycles. The maximum absolute atomic E-state index is 12.1. The van der Waals surface area contributed by atoms with Crippen LogP contribution in [0.5, 0.6) is 0 Å². The van der Waals surface area contributed by atoms with Gasteiger partial charge in [0, 0.05) is 29.9 Å². The summed E-state index contributed by atoms with van der Waals surface area (Å²) in [7, 11) is 0. The summed E-state index contributed by atoms with van der Waals surface area (Å²) in [5, 5.41) is 12.5. The minimum absolute atomic E-state index is 0.0482. The Labute approximate surface area is 134 Å². The SMILES string of the molecule is O=C(NCC(c1cccs1)n1cccn1)NC1CCCCC1. The summed E-state index contributed by atoms with van der Waals surface area (Å²) in [5.41, 5.74) is 0. The van der Waals surface area contributed by atoms with Gasteiger partial charge in [-0.25, -0.2) is 4.79 Å². The van der Waals surface area contributed by atoms with Crippen LogP contribution in [0.1, 0.15) is 43.0 Å². The van der Waals surface area contributed by atoms with Gasteiger partial charge in [-0.2, -0.15) is 5.10 Å². The second-order valence-corrected chi connectivity index (χ2v) is 6.69. The molecule has 2 amide bonds. The van der Waals surface area contributed by atoms with Crippen LogP contribution in [-0.2, 0) is 0 Å². The lowest BCUT2D eigenvalue weighted by molar-refractivity contribution is 0.231. The number of hydrogen-bond donors (Lipinski definition) is 2. The second kappa shape index (κ2) is 7.45. The first kappa shape index (κ1) is 15.1. The summed E-state index contributed by atoms with van der Waals surface area (Å²) in [6, 6.07) is 6.32. The van der Waals surface area contributed by atoms with Crippen LogP contribution in [0.4, 0.5) is 4.79 Å². The fourth-order valence-corrected chi connectivity index (χ4v) is 3.76. The van der Waals surface area contributed by atoms with Crippen LogP contribution in [0.3, 0.4) is 0 Å². The van der Waals surface area contributed by atoms with Crippen molar-refractivity contribution in [2.75, 3.05) is 6.54 Å². The number of nitrogens with one attached hydrogen (secondary N) is 2. The van der Waals surface area contributed by atoms with Crippen LogP contribution >= 0.6 is 11.3 Å². The molecule has 1 atom stereocenters. The van der Waals surface area contributed by atoms with Crippen molar-refractivity contribution in [1.29, 1.82) is 0 Å². The number of carbonyl (C=O) groups excluding carboxylic acids is 1. The molecule has 3 rings (SSSR count). The van der Waals surface area contributed by atoms with Crippen molar-refractivity contribution in [3.05, 3.63) is 40.8 Å². The molecule has 6 heteroatoms. The van der Waals surface area contributed by atoms with E-state index in [-0.39, 0.29) is 12.1 Å². The zero-order chi connectivity index (χ0) is 15.2. The largest absolute Gasteiger partial charge is 0.336 e. The highest BCUT2D eigenvalue weighted by Crippen LogP contribution is 2.22. The lowest BCUT2D eigenvalue weighted by Gasteiger charge is -2.24. The van der Waals surface area contributed by atoms with Crippen LogP contribution in [0.15, 0.2) is 36.0 Å². The zero-order valence-corrected chi connectivity index (χ0v) is 13.4. The van der Waals surface area contributed by atoms with E-state index in [2.05, 4.69) is 21.8 Å². The predicted molar refractivity (Wildman–Crippen MR) is 88.1 cm³/mol. The molecule has 0 saturated heterocycles. The topological polar surface area (TPSA) is 59.0 Å². The van der Waals surface area contributed by atoms with Crippen molar-refractivity contribution in [3.8, 4) is 0 Å². The molecule has 0 bridgehead atoms. The van der Waals surface area contributed by atoms with Crippen molar-refractivity contribution >= 4 is 17.4 Å². The standard InChI is InChI=1S/C16H22N4OS/c21-16(19-13-6-2-1-3-7-13)17-12-14(15-8-4-11-22-15)20-10-5-9-18-20/h4-5,8-11,13-14H,1-3,6-7,12H2,(H2,17,19,21). The number of aromatic nitrogens is 2. The molecule has 1 saturated carbocycles. The number of urea groups is 1. The van der Waals surface area contributed by atoms with Crippen LogP contribution in [-0.4, -0.2) is 28.4 Å². The number of rotatable bonds is 5. The first-order valence-electron chi connectivity index (χ1n) is 7.90. The number of amides is 2. The Balaban J connectivity index is 1.56. The van der Waals surface area contributed by atoms with Crippen molar-refractivity contribution < 1.29 is 4.79 Å². The first-order chi connectivity index (χ1) is 10.8. The summed E-state index contributed by atoms with van der Waals surface area (Å²) < 4.78 is 1.90. The minimum Gasteiger partial charge on any atom is -0.336 e. The highest BCUT2D eigenvalue weighted by Gasteiger charge is 2.18. The molecule has 1 aliphatic rings. The van der Waals surface area contributed by atoms with Gasteiger partial charge in [0.1, 0.15) is 6.04 Å². The Kier molecular flexibility index (Phi) is 5.11. The molecule has 2 aromatic heterocycles. The molecule has 1 unspecified atom stereocenters. The van der Waals surface area contributed by atoms with E-state index in [1.54, 1.807) is 17.5 Å². The van der Waals surface area contributed by atoms with Crippen LogP contribution in [0.2, 0.25) is 0 Å². The third kappa shape index (κ3) is 3.88. The van der Waals surface area contributed by atoms with Gasteiger partial charge in [-0.1, -0.05) is 25.3 Å². The maximum atomic E-state index is 12.1. The van der Waals surface area contributed by atoms with Crippen LogP contribution in [0, 0.1) is 0 Å². The number of carbonyl (C=O) groups is 1. The van der Waals surface area contributed by atoms with E-state index in [0.717, 1.165) is 12.8 Å². The number of nitrogens with zero attached hydrogens (tertiary/aromatic N) is 2. The molecule has 118 valence electrons. The monoisotopic (exact) mass is 318 g/mol. The van der Waals surface area contributed by atoms with Crippen molar-refractivity contribution in [3.63, 3.8) is 0 Å². The average molecular weight is 318 g/mol. The highest BCUT2D eigenvalue weighted by molar-refractivity contribution is 7.10. The summed E-state index contributed by atoms with van der Waals surface area (Å²) in [6.45, 7) is 0.542. The molecule has 2 N–H and O–H groups in total. The third-order valence-electron chi connectivity index (χ3n) is 4.11. The summed E-state index contributed by atoms with van der Waals surface area (Å²) >= 11 is 1.68. The van der Waals surface area contributed by atoms with Gasteiger partial charge in [-0.3, -0.25) is 4.68 Å². The molecule has 22 heavy (non-hydrogen) atoms. The average Bonchev–Trinajstić information content (AvgIpc) is 3.22. The fraction of sp³-hybridized carbons (Fsp3) is 0.500. The Morgan fingerprint density at radius 1 is 1.36 bits per heavy atom. The zero-order valence-electron chi connectivity index (χ0n) is 12.6. The van der Waals surface area contributed by atoms with E-state index >= 15 is 0 Å². The van der Waals surface area contributed by atoms with E-state index in [0.29, 0.717) is 12.6 Å². The van der Waals surface area contributed by atoms with Gasteiger partial charge >= 0.3 is 6.03 Å². The smallest absolute Gasteiger partial charge is 0.315 e. The molecule has 2 heterocycles. The summed E-state index contributed by atoms with van der Waals surface area (Å²) in [5.74, 6) is 0. The van der Waals surface area contributed by atoms with Gasteiger partial charge in [0.15, 0.2) is 0 Å². The Bertz CT molecular complexity index is 527. The lowest BCUT2D eigenvalue weighted by Crippen LogP contribution is -2.44. The maximum Gasteiger partial charge on any atom is 0.315 e. The first-order valence-corrected chi connectivity index (χ1v) is 8.78. The third-order valence-corrected chi connectivity index (χ3v) is 5.09. The highest BCUT2D eigenvalue weighted by atomic mass is 32.1. The van der Waals surface area contributed by atoms with Gasteiger partial charge in [-0.15, -0.1) is 11.3 Å². The Morgan fingerprint density at radius 2 is 2.23 bits per heavy atom. The van der Waals surface area contributed by atoms with E-state index in [9.17, 15) is 4.79 Å². The molecule has 0 spiro atoms. The molecule has 1 fully saturated rings. The summed E-state index contributed by atoms with van der Waals surface area (Å²) in [4.78, 5) is 13.3. The molecular formula is C16H22N4OS. The molecule has 0 radical (unpaired) electrons. The van der Waals surface area contributed by atoms with Gasteiger partial charge in [-0.05, 0) is 30.4 Å². The molecule has 0 aliphatic heterocycles. The molecule has 2 aromatic rings. The summed E-state index contributed by atoms with van der Waals surface area (Å²) in [6.07, 6.45) is 9.63. The van der Waals surface area contributed by atoms with E-state index in [1.807, 2.05) is 28.4 Å². The van der Waals surface area contributed by atoms with Gasteiger partial charge in [0.05, 0.1) is 0 Å². The molecule has 5 nitrogen and oxygen atoms in total. The Morgan fingerprint density at radius 3 is 2.91 bits per heavy atom. The normalized spacial score (nSPS) is 17.1. The second-order valence-electron chi connectivity index (χ2n) is 5.71. The van der Waals surface area contributed by atoms with Gasteiger partial charge in [0.2, 0.25) is 0 Å². The molecular weight excluding hydrogens is 296 g/mol. The van der Waals surface area contributed by atoms with Crippen LogP contribution in [0.25, 0.3) is 0 Å².